The molecule has 0 radical (unpaired) electrons. The van der Waals surface area contributed by atoms with Gasteiger partial charge < -0.3 is 20.2 Å². The molecule has 1 aliphatic carbocycles. The molecule has 2 atom stereocenters. The summed E-state index contributed by atoms with van der Waals surface area (Å²) in [7, 11) is 1.69. The Morgan fingerprint density at radius 1 is 1.02 bits per heavy atom. The fourth-order valence-electron chi connectivity index (χ4n) is 5.78. The molecule has 0 spiro atoms. The second-order valence-electron chi connectivity index (χ2n) is 12.1. The molecular weight excluding hydrogens is 510 g/mol. The third-order valence-electron chi connectivity index (χ3n) is 8.00. The Kier molecular flexibility index (Phi) is 8.65. The van der Waals surface area contributed by atoms with E-state index in [1.807, 2.05) is 33.8 Å². The molecule has 2 N–H and O–H groups in total. The van der Waals surface area contributed by atoms with Gasteiger partial charge in [-0.1, -0.05) is 57.7 Å². The van der Waals surface area contributed by atoms with E-state index in [4.69, 9.17) is 0 Å². The molecule has 2 fully saturated rings. The SMILES string of the molecule is Cc1cccc(C(=O)N2CCN(C(=O)c3cc(C(C)(C)C)nn3C)C2C(=O)NC(CC(=O)O)C2CCCCC2)c1. The number of hydrogen-bond donors (Lipinski definition) is 2. The first-order valence-electron chi connectivity index (χ1n) is 14.1. The van der Waals surface area contributed by atoms with Gasteiger partial charge in [0.15, 0.2) is 6.17 Å². The van der Waals surface area contributed by atoms with Gasteiger partial charge in [0.1, 0.15) is 5.69 Å². The van der Waals surface area contributed by atoms with E-state index in [1.54, 1.807) is 31.3 Å². The zero-order chi connectivity index (χ0) is 29.2. The zero-order valence-electron chi connectivity index (χ0n) is 24.1. The third-order valence-corrected chi connectivity index (χ3v) is 8.00. The Bertz CT molecular complexity index is 1270. The molecule has 4 rings (SSSR count). The van der Waals surface area contributed by atoms with Crippen LogP contribution in [0.25, 0.3) is 0 Å². The van der Waals surface area contributed by atoms with Crippen LogP contribution in [0.4, 0.5) is 0 Å². The lowest BCUT2D eigenvalue weighted by Crippen LogP contribution is -2.57. The number of rotatable bonds is 7. The number of aliphatic carboxylic acids is 1. The van der Waals surface area contributed by atoms with E-state index in [1.165, 1.54) is 14.5 Å². The molecule has 2 unspecified atom stereocenters. The number of nitrogens with zero attached hydrogens (tertiary/aromatic N) is 4. The van der Waals surface area contributed by atoms with Crippen LogP contribution in [0.1, 0.15) is 91.4 Å². The number of hydrogen-bond acceptors (Lipinski definition) is 5. The minimum Gasteiger partial charge on any atom is -0.481 e. The highest BCUT2D eigenvalue weighted by atomic mass is 16.4. The number of carbonyl (C=O) groups excluding carboxylic acids is 3. The van der Waals surface area contributed by atoms with Crippen LogP contribution in [-0.4, -0.2) is 73.7 Å². The average Bonchev–Trinajstić information content (AvgIpc) is 3.52. The molecule has 1 aromatic heterocycles. The molecule has 2 aromatic rings. The van der Waals surface area contributed by atoms with E-state index >= 15 is 0 Å². The van der Waals surface area contributed by atoms with Crippen molar-refractivity contribution < 1.29 is 24.3 Å². The summed E-state index contributed by atoms with van der Waals surface area (Å²) in [6.45, 7) is 8.24. The fraction of sp³-hybridized carbons (Fsp3) is 0.567. The lowest BCUT2D eigenvalue weighted by Gasteiger charge is -2.34. The fourth-order valence-corrected chi connectivity index (χ4v) is 5.78. The molecule has 0 bridgehead atoms. The summed E-state index contributed by atoms with van der Waals surface area (Å²) in [6, 6.07) is 8.28. The van der Waals surface area contributed by atoms with Gasteiger partial charge in [-0.15, -0.1) is 0 Å². The molecular formula is C30H41N5O5. The average molecular weight is 552 g/mol. The van der Waals surface area contributed by atoms with Crippen LogP contribution in [0, 0.1) is 12.8 Å². The Morgan fingerprint density at radius 3 is 2.25 bits per heavy atom. The van der Waals surface area contributed by atoms with Crippen molar-refractivity contribution in [2.75, 3.05) is 13.1 Å². The van der Waals surface area contributed by atoms with Crippen LogP contribution in [0.3, 0.4) is 0 Å². The van der Waals surface area contributed by atoms with Crippen LogP contribution in [-0.2, 0) is 22.1 Å². The van der Waals surface area contributed by atoms with Gasteiger partial charge in [-0.2, -0.15) is 5.10 Å². The first kappa shape index (κ1) is 29.3. The molecule has 1 saturated heterocycles. The molecule has 1 aromatic carbocycles. The van der Waals surface area contributed by atoms with Crippen molar-refractivity contribution in [1.82, 2.24) is 24.9 Å². The van der Waals surface area contributed by atoms with Gasteiger partial charge in [-0.25, -0.2) is 0 Å². The maximum Gasteiger partial charge on any atom is 0.305 e. The van der Waals surface area contributed by atoms with Crippen molar-refractivity contribution in [3.05, 3.63) is 52.8 Å². The minimum absolute atomic E-state index is 0.0340. The number of carboxylic acid groups (broad SMARTS) is 1. The molecule has 10 nitrogen and oxygen atoms in total. The van der Waals surface area contributed by atoms with Crippen molar-refractivity contribution in [2.45, 2.75) is 83.8 Å². The molecule has 1 saturated carbocycles. The van der Waals surface area contributed by atoms with Crippen LogP contribution in [0.2, 0.25) is 0 Å². The highest BCUT2D eigenvalue weighted by molar-refractivity contribution is 6.01. The van der Waals surface area contributed by atoms with Gasteiger partial charge in [0, 0.05) is 37.2 Å². The predicted octanol–water partition coefficient (Wildman–Crippen LogP) is 3.49. The summed E-state index contributed by atoms with van der Waals surface area (Å²) in [6.07, 6.45) is 3.31. The van der Waals surface area contributed by atoms with Gasteiger partial charge in [0.05, 0.1) is 12.1 Å². The molecule has 216 valence electrons. The first-order valence-corrected chi connectivity index (χ1v) is 14.1. The second-order valence-corrected chi connectivity index (χ2v) is 12.1. The van der Waals surface area contributed by atoms with Gasteiger partial charge >= 0.3 is 5.97 Å². The van der Waals surface area contributed by atoms with E-state index in [0.29, 0.717) is 11.3 Å². The number of benzene rings is 1. The van der Waals surface area contributed by atoms with E-state index < -0.39 is 30.0 Å². The summed E-state index contributed by atoms with van der Waals surface area (Å²) in [5.74, 6) is -2.26. The highest BCUT2D eigenvalue weighted by Crippen LogP contribution is 2.29. The number of aryl methyl sites for hydroxylation is 2. The number of carboxylic acids is 1. The molecule has 2 heterocycles. The summed E-state index contributed by atoms with van der Waals surface area (Å²) in [4.78, 5) is 56.1. The van der Waals surface area contributed by atoms with Crippen molar-refractivity contribution in [3.8, 4) is 0 Å². The van der Waals surface area contributed by atoms with Crippen LogP contribution in [0.15, 0.2) is 30.3 Å². The number of carbonyl (C=O) groups is 4. The van der Waals surface area contributed by atoms with Crippen molar-refractivity contribution in [3.63, 3.8) is 0 Å². The maximum atomic E-state index is 14.0. The normalized spacial score (nSPS) is 19.0. The van der Waals surface area contributed by atoms with E-state index in [-0.39, 0.29) is 36.8 Å². The molecule has 1 aliphatic heterocycles. The largest absolute Gasteiger partial charge is 0.481 e. The van der Waals surface area contributed by atoms with Crippen molar-refractivity contribution in [1.29, 1.82) is 0 Å². The minimum atomic E-state index is -1.21. The second kappa shape index (κ2) is 11.8. The number of aromatic nitrogens is 2. The van der Waals surface area contributed by atoms with E-state index in [0.717, 1.165) is 43.4 Å². The van der Waals surface area contributed by atoms with Gasteiger partial charge in [0.25, 0.3) is 17.7 Å². The van der Waals surface area contributed by atoms with Crippen LogP contribution >= 0.6 is 0 Å². The molecule has 10 heteroatoms. The quantitative estimate of drug-likeness (QED) is 0.543. The number of nitrogens with one attached hydrogen (secondary N) is 1. The van der Waals surface area contributed by atoms with Gasteiger partial charge in [-0.05, 0) is 43.9 Å². The standard InChI is InChI=1S/C30H41N5O5/c1-19-10-9-13-21(16-19)28(39)34-14-15-35(29(40)23-18-24(30(2,3)4)32-33(23)5)27(34)26(38)31-22(17-25(36)37)20-11-7-6-8-12-20/h9-10,13,16,18,20,22,27H,6-8,11-12,14-15,17H2,1-5H3,(H,31,38)(H,36,37). The van der Waals surface area contributed by atoms with Crippen molar-refractivity contribution in [2.24, 2.45) is 13.0 Å². The summed E-state index contributed by atoms with van der Waals surface area (Å²) in [5, 5.41) is 17.1. The zero-order valence-corrected chi connectivity index (χ0v) is 24.1. The molecule has 2 aliphatic rings. The summed E-state index contributed by atoms with van der Waals surface area (Å²) in [5.41, 5.74) is 2.11. The Morgan fingerprint density at radius 2 is 1.68 bits per heavy atom. The Hall–Kier alpha value is -3.69. The first-order chi connectivity index (χ1) is 18.9. The van der Waals surface area contributed by atoms with Crippen LogP contribution < -0.4 is 5.32 Å². The lowest BCUT2D eigenvalue weighted by atomic mass is 9.82. The Labute approximate surface area is 235 Å². The smallest absolute Gasteiger partial charge is 0.305 e. The van der Waals surface area contributed by atoms with E-state index in [9.17, 15) is 24.3 Å². The number of amides is 3. The summed E-state index contributed by atoms with van der Waals surface area (Å²) >= 11 is 0. The molecule has 3 amide bonds. The monoisotopic (exact) mass is 551 g/mol. The third kappa shape index (κ3) is 6.37. The maximum absolute atomic E-state index is 14.0. The predicted molar refractivity (Wildman–Crippen MR) is 150 cm³/mol. The van der Waals surface area contributed by atoms with E-state index in [2.05, 4.69) is 10.4 Å². The lowest BCUT2D eigenvalue weighted by molar-refractivity contribution is -0.138. The Balaban J connectivity index is 1.68. The molecule has 40 heavy (non-hydrogen) atoms. The van der Waals surface area contributed by atoms with Gasteiger partial charge in [0.2, 0.25) is 0 Å². The topological polar surface area (TPSA) is 125 Å². The van der Waals surface area contributed by atoms with Crippen LogP contribution in [0.5, 0.6) is 0 Å². The highest BCUT2D eigenvalue weighted by Gasteiger charge is 2.45. The van der Waals surface area contributed by atoms with Gasteiger partial charge in [-0.3, -0.25) is 23.9 Å². The van der Waals surface area contributed by atoms with Crippen molar-refractivity contribution >= 4 is 23.7 Å². The summed E-state index contributed by atoms with van der Waals surface area (Å²) < 4.78 is 1.51.